The number of likely N-dealkylation sites (N-methyl/N-ethyl adjacent to an activating group) is 1. The Morgan fingerprint density at radius 2 is 2.06 bits per heavy atom. The van der Waals surface area contributed by atoms with E-state index in [9.17, 15) is 9.59 Å². The first-order chi connectivity index (χ1) is 15.4. The Balaban J connectivity index is 1.58. The molecule has 0 atom stereocenters. The lowest BCUT2D eigenvalue weighted by molar-refractivity contribution is -0.121. The summed E-state index contributed by atoms with van der Waals surface area (Å²) < 4.78 is 12.7. The van der Waals surface area contributed by atoms with E-state index in [0.29, 0.717) is 44.3 Å². The normalized spacial score (nSPS) is 16.4. The number of nitrogens with one attached hydrogen (secondary N) is 1. The number of thioether (sulfide) groups is 1. The number of hydrogen-bond donors (Lipinski definition) is 1. The number of aromatic nitrogens is 2. The maximum atomic E-state index is 13.4. The fraction of sp³-hybridized carbons (Fsp3) is 0.182. The van der Waals surface area contributed by atoms with E-state index >= 15 is 0 Å². The van der Waals surface area contributed by atoms with Crippen molar-refractivity contribution in [3.05, 3.63) is 68.5 Å². The van der Waals surface area contributed by atoms with Gasteiger partial charge in [-0.2, -0.15) is 0 Å². The number of nitrogens with zero attached hydrogens (tertiary/aromatic N) is 3. The van der Waals surface area contributed by atoms with E-state index in [1.54, 1.807) is 25.4 Å². The van der Waals surface area contributed by atoms with Gasteiger partial charge in [-0.25, -0.2) is 4.98 Å². The molecule has 1 amide bonds. The van der Waals surface area contributed by atoms with Gasteiger partial charge in [-0.05, 0) is 42.3 Å². The van der Waals surface area contributed by atoms with Gasteiger partial charge in [0.2, 0.25) is 6.79 Å². The molecule has 2 aliphatic heterocycles. The van der Waals surface area contributed by atoms with Crippen LogP contribution < -0.4 is 20.3 Å². The van der Waals surface area contributed by atoms with Gasteiger partial charge < -0.3 is 14.8 Å². The number of carbonyl (C=O) groups excluding carboxylic acids is 1. The molecule has 10 heteroatoms. The molecule has 32 heavy (non-hydrogen) atoms. The van der Waals surface area contributed by atoms with Crippen molar-refractivity contribution in [3.63, 3.8) is 0 Å². The van der Waals surface area contributed by atoms with Crippen LogP contribution in [-0.2, 0) is 11.3 Å². The maximum absolute atomic E-state index is 13.4. The molecule has 162 valence electrons. The molecule has 0 radical (unpaired) electrons. The van der Waals surface area contributed by atoms with E-state index in [4.69, 9.17) is 26.7 Å². The van der Waals surface area contributed by atoms with Gasteiger partial charge in [0.25, 0.3) is 11.5 Å². The lowest BCUT2D eigenvalue weighted by atomic mass is 10.2. The smallest absolute Gasteiger partial charge is 0.267 e. The number of fused-ring (bicyclic) bond motifs is 2. The highest BCUT2D eigenvalue weighted by atomic mass is 32.2. The number of anilines is 1. The molecule has 0 unspecified atom stereocenters. The first-order valence-electron chi connectivity index (χ1n) is 9.78. The van der Waals surface area contributed by atoms with Crippen LogP contribution in [0.25, 0.3) is 11.7 Å². The van der Waals surface area contributed by atoms with Crippen molar-refractivity contribution in [2.75, 3.05) is 19.2 Å². The number of pyridine rings is 1. The summed E-state index contributed by atoms with van der Waals surface area (Å²) in [6.45, 7) is 2.50. The highest BCUT2D eigenvalue weighted by Gasteiger charge is 2.29. The van der Waals surface area contributed by atoms with Gasteiger partial charge in [-0.1, -0.05) is 36.1 Å². The Morgan fingerprint density at radius 3 is 2.84 bits per heavy atom. The lowest BCUT2D eigenvalue weighted by Gasteiger charge is -2.12. The first kappa shape index (κ1) is 20.5. The molecule has 0 spiro atoms. The first-order valence-corrected chi connectivity index (χ1v) is 11.0. The van der Waals surface area contributed by atoms with Crippen LogP contribution in [0, 0.1) is 6.92 Å². The third-order valence-electron chi connectivity index (χ3n) is 5.24. The number of benzene rings is 1. The van der Waals surface area contributed by atoms with Crippen molar-refractivity contribution >= 4 is 51.7 Å². The predicted molar refractivity (Wildman–Crippen MR) is 127 cm³/mol. The third kappa shape index (κ3) is 3.51. The van der Waals surface area contributed by atoms with Gasteiger partial charge in [0.1, 0.15) is 15.8 Å². The van der Waals surface area contributed by atoms with Crippen molar-refractivity contribution in [2.45, 2.75) is 13.5 Å². The summed E-state index contributed by atoms with van der Waals surface area (Å²) in [5.41, 5.74) is 2.37. The molecule has 2 aromatic heterocycles. The number of amides is 1. The zero-order valence-corrected chi connectivity index (χ0v) is 18.9. The van der Waals surface area contributed by atoms with Gasteiger partial charge in [0, 0.05) is 19.8 Å². The molecular weight excluding hydrogens is 448 g/mol. The second-order valence-corrected chi connectivity index (χ2v) is 9.02. The summed E-state index contributed by atoms with van der Waals surface area (Å²) in [5.74, 6) is 1.53. The summed E-state index contributed by atoms with van der Waals surface area (Å²) in [7, 11) is 1.62. The van der Waals surface area contributed by atoms with Gasteiger partial charge in [-0.3, -0.25) is 18.9 Å². The molecule has 2 aliphatic rings. The van der Waals surface area contributed by atoms with Gasteiger partial charge in [0.15, 0.2) is 11.5 Å². The molecule has 1 saturated heterocycles. The lowest BCUT2D eigenvalue weighted by Crippen LogP contribution is -2.23. The van der Waals surface area contributed by atoms with Crippen LogP contribution in [0.3, 0.4) is 0 Å². The largest absolute Gasteiger partial charge is 0.454 e. The van der Waals surface area contributed by atoms with Crippen LogP contribution in [0.4, 0.5) is 5.82 Å². The monoisotopic (exact) mass is 466 g/mol. The summed E-state index contributed by atoms with van der Waals surface area (Å²) in [5, 5.41) is 3.26. The molecule has 5 rings (SSSR count). The fourth-order valence-electron chi connectivity index (χ4n) is 3.49. The van der Waals surface area contributed by atoms with Crippen molar-refractivity contribution in [1.82, 2.24) is 14.3 Å². The highest BCUT2D eigenvalue weighted by molar-refractivity contribution is 8.26. The summed E-state index contributed by atoms with van der Waals surface area (Å²) in [4.78, 5) is 32.4. The number of thiocarbonyl (C=S) groups is 1. The van der Waals surface area contributed by atoms with E-state index < -0.39 is 0 Å². The van der Waals surface area contributed by atoms with Gasteiger partial charge in [0.05, 0.1) is 10.5 Å². The quantitative estimate of drug-likeness (QED) is 0.464. The Kier molecular flexibility index (Phi) is 5.10. The van der Waals surface area contributed by atoms with E-state index in [1.807, 2.05) is 31.2 Å². The minimum Gasteiger partial charge on any atom is -0.454 e. The number of hydrogen-bond acceptors (Lipinski definition) is 8. The molecule has 4 heterocycles. The SMILES string of the molecule is Cc1cccn2c(=O)c(C=C3SC(=S)N(C)C3=O)c(NCc3ccc4c(c3)OCO4)nc12. The standard InChI is InChI=1S/C22H18N4O4S2/c1-12-4-3-7-26-19(12)24-18(23-10-13-5-6-15-16(8-13)30-11-29-15)14(20(26)27)9-17-21(28)25(2)22(31)32-17/h3-9,23H,10-11H2,1-2H3. The number of rotatable bonds is 4. The summed E-state index contributed by atoms with van der Waals surface area (Å²) in [6, 6.07) is 9.34. The van der Waals surface area contributed by atoms with Crippen molar-refractivity contribution < 1.29 is 14.3 Å². The number of aryl methyl sites for hydroxylation is 1. The van der Waals surface area contributed by atoms with E-state index in [2.05, 4.69) is 5.32 Å². The van der Waals surface area contributed by atoms with Crippen LogP contribution in [0.1, 0.15) is 16.7 Å². The average molecular weight is 467 g/mol. The van der Waals surface area contributed by atoms with Crippen LogP contribution in [0.2, 0.25) is 0 Å². The molecule has 1 aromatic carbocycles. The molecule has 3 aromatic rings. The number of carbonyl (C=O) groups is 1. The molecule has 1 fully saturated rings. The minimum absolute atomic E-state index is 0.203. The highest BCUT2D eigenvalue weighted by Crippen LogP contribution is 2.34. The van der Waals surface area contributed by atoms with Crippen LogP contribution in [0.5, 0.6) is 11.5 Å². The zero-order chi connectivity index (χ0) is 22.4. The Hall–Kier alpha value is -3.37. The Bertz CT molecular complexity index is 1380. The molecular formula is C22H18N4O4S2. The molecule has 0 aliphatic carbocycles. The second kappa shape index (κ2) is 7.95. The average Bonchev–Trinajstić information content (AvgIpc) is 3.35. The molecule has 0 saturated carbocycles. The van der Waals surface area contributed by atoms with Crippen molar-refractivity contribution in [3.8, 4) is 11.5 Å². The Labute approximate surface area is 192 Å². The number of ether oxygens (including phenoxy) is 2. The van der Waals surface area contributed by atoms with Crippen LogP contribution >= 0.6 is 24.0 Å². The van der Waals surface area contributed by atoms with E-state index in [0.717, 1.165) is 11.1 Å². The van der Waals surface area contributed by atoms with Crippen LogP contribution in [0.15, 0.2) is 46.2 Å². The minimum atomic E-state index is -0.270. The fourth-order valence-corrected chi connectivity index (χ4v) is 4.65. The third-order valence-corrected chi connectivity index (χ3v) is 6.73. The van der Waals surface area contributed by atoms with Crippen LogP contribution in [-0.4, -0.2) is 38.4 Å². The van der Waals surface area contributed by atoms with Crippen molar-refractivity contribution in [1.29, 1.82) is 0 Å². The van der Waals surface area contributed by atoms with E-state index in [-0.39, 0.29) is 18.3 Å². The zero-order valence-electron chi connectivity index (χ0n) is 17.2. The maximum Gasteiger partial charge on any atom is 0.267 e. The predicted octanol–water partition coefficient (Wildman–Crippen LogP) is 3.17. The van der Waals surface area contributed by atoms with Gasteiger partial charge in [-0.15, -0.1) is 0 Å². The molecule has 0 bridgehead atoms. The van der Waals surface area contributed by atoms with E-state index in [1.165, 1.54) is 21.1 Å². The van der Waals surface area contributed by atoms with Gasteiger partial charge >= 0.3 is 0 Å². The summed E-state index contributed by atoms with van der Waals surface area (Å²) in [6.07, 6.45) is 3.23. The molecule has 1 N–H and O–H groups in total. The van der Waals surface area contributed by atoms with Crippen molar-refractivity contribution in [2.24, 2.45) is 0 Å². The summed E-state index contributed by atoms with van der Waals surface area (Å²) >= 11 is 6.38. The second-order valence-electron chi connectivity index (χ2n) is 7.35. The molecule has 8 nitrogen and oxygen atoms in total. The topological polar surface area (TPSA) is 85.2 Å². The Morgan fingerprint density at radius 1 is 1.25 bits per heavy atom.